The van der Waals surface area contributed by atoms with Crippen LogP contribution in [0.1, 0.15) is 39.5 Å². The van der Waals surface area contributed by atoms with Gasteiger partial charge in [-0.25, -0.2) is 9.97 Å². The zero-order chi connectivity index (χ0) is 21.8. The fourth-order valence-corrected chi connectivity index (χ4v) is 4.73. The lowest BCUT2D eigenvalue weighted by Crippen LogP contribution is -2.60. The van der Waals surface area contributed by atoms with Crippen LogP contribution in [-0.4, -0.2) is 39.5 Å². The number of H-pyrrole nitrogens is 1. The number of benzene rings is 1. The molecule has 0 bridgehead atoms. The van der Waals surface area contributed by atoms with Crippen LogP contribution in [-0.2, 0) is 4.79 Å². The highest BCUT2D eigenvalue weighted by Crippen LogP contribution is 2.37. The maximum Gasteiger partial charge on any atom is 0.243 e. The van der Waals surface area contributed by atoms with Crippen molar-refractivity contribution in [3.05, 3.63) is 48.9 Å². The average molecular weight is 421 g/mol. The zero-order valence-corrected chi connectivity index (χ0v) is 18.3. The van der Waals surface area contributed by atoms with Gasteiger partial charge in [-0.15, -0.1) is 0 Å². The Bertz CT molecular complexity index is 1020. The number of hydrogen-bond donors (Lipinski definition) is 3. The van der Waals surface area contributed by atoms with Crippen molar-refractivity contribution in [1.82, 2.24) is 15.0 Å². The van der Waals surface area contributed by atoms with Gasteiger partial charge in [-0.05, 0) is 49.8 Å². The molecule has 164 valence electrons. The van der Waals surface area contributed by atoms with Gasteiger partial charge in [0.1, 0.15) is 23.3 Å². The first kappa shape index (κ1) is 21.2. The molecule has 0 saturated carbocycles. The van der Waals surface area contributed by atoms with E-state index in [1.807, 2.05) is 42.6 Å². The van der Waals surface area contributed by atoms with Gasteiger partial charge in [0.2, 0.25) is 5.91 Å². The highest BCUT2D eigenvalue weighted by Gasteiger charge is 2.46. The normalized spacial score (nSPS) is 18.8. The number of amides is 1. The SMILES string of the molecule is CC(C)CCC(Nc1ccccc1)(C(N)=O)[C@@H]1CCCN(c2ncnc3[nH]ccc23)C1. The summed E-state index contributed by atoms with van der Waals surface area (Å²) in [5, 5.41) is 4.59. The van der Waals surface area contributed by atoms with Crippen LogP contribution >= 0.6 is 0 Å². The molecular formula is C24H32N6O. The van der Waals surface area contributed by atoms with Crippen LogP contribution in [0.3, 0.4) is 0 Å². The molecule has 4 rings (SSSR count). The van der Waals surface area contributed by atoms with E-state index in [9.17, 15) is 4.79 Å². The van der Waals surface area contributed by atoms with Crippen molar-refractivity contribution >= 4 is 28.4 Å². The number of rotatable bonds is 8. The van der Waals surface area contributed by atoms with Crippen molar-refractivity contribution in [1.29, 1.82) is 0 Å². The maximum atomic E-state index is 13.1. The molecule has 4 N–H and O–H groups in total. The number of hydrogen-bond acceptors (Lipinski definition) is 5. The first-order valence-corrected chi connectivity index (χ1v) is 11.2. The van der Waals surface area contributed by atoms with Crippen molar-refractivity contribution in [2.45, 2.75) is 45.1 Å². The summed E-state index contributed by atoms with van der Waals surface area (Å²) in [6, 6.07) is 11.9. The Morgan fingerprint density at radius 3 is 2.84 bits per heavy atom. The molecule has 7 nitrogen and oxygen atoms in total. The number of anilines is 2. The molecule has 1 aromatic carbocycles. The summed E-state index contributed by atoms with van der Waals surface area (Å²) < 4.78 is 0. The van der Waals surface area contributed by atoms with Gasteiger partial charge in [0.25, 0.3) is 0 Å². The van der Waals surface area contributed by atoms with Crippen molar-refractivity contribution in [3.8, 4) is 0 Å². The summed E-state index contributed by atoms with van der Waals surface area (Å²) in [5.74, 6) is 1.19. The lowest BCUT2D eigenvalue weighted by Gasteiger charge is -2.45. The molecule has 1 unspecified atom stereocenters. The quantitative estimate of drug-likeness (QED) is 0.512. The summed E-state index contributed by atoms with van der Waals surface area (Å²) in [4.78, 5) is 27.4. The zero-order valence-electron chi connectivity index (χ0n) is 18.3. The van der Waals surface area contributed by atoms with Crippen LogP contribution in [0.15, 0.2) is 48.9 Å². The average Bonchev–Trinajstić information content (AvgIpc) is 3.26. The van der Waals surface area contributed by atoms with E-state index in [-0.39, 0.29) is 11.8 Å². The van der Waals surface area contributed by atoms with Gasteiger partial charge in [-0.3, -0.25) is 4.79 Å². The Hall–Kier alpha value is -3.09. The number of nitrogens with one attached hydrogen (secondary N) is 2. The van der Waals surface area contributed by atoms with E-state index in [1.54, 1.807) is 6.33 Å². The first-order valence-electron chi connectivity index (χ1n) is 11.2. The minimum absolute atomic E-state index is 0.0710. The predicted molar refractivity (Wildman–Crippen MR) is 125 cm³/mol. The fraction of sp³-hybridized carbons (Fsp3) is 0.458. The minimum Gasteiger partial charge on any atom is -0.371 e. The number of nitrogens with zero attached hydrogens (tertiary/aromatic N) is 3. The third-order valence-electron chi connectivity index (χ3n) is 6.45. The molecule has 1 aliphatic heterocycles. The molecule has 1 saturated heterocycles. The van der Waals surface area contributed by atoms with Crippen LogP contribution in [0.4, 0.5) is 11.5 Å². The molecule has 3 aromatic rings. The molecule has 0 spiro atoms. The molecule has 1 aliphatic rings. The number of aromatic nitrogens is 3. The molecule has 3 heterocycles. The number of nitrogens with two attached hydrogens (primary N) is 1. The third kappa shape index (κ3) is 4.36. The molecule has 1 amide bonds. The third-order valence-corrected chi connectivity index (χ3v) is 6.45. The Morgan fingerprint density at radius 2 is 2.10 bits per heavy atom. The topological polar surface area (TPSA) is 99.9 Å². The molecule has 1 fully saturated rings. The summed E-state index contributed by atoms with van der Waals surface area (Å²) >= 11 is 0. The summed E-state index contributed by atoms with van der Waals surface area (Å²) in [7, 11) is 0. The van der Waals surface area contributed by atoms with Gasteiger partial charge >= 0.3 is 0 Å². The number of primary amides is 1. The monoisotopic (exact) mass is 420 g/mol. The lowest BCUT2D eigenvalue weighted by atomic mass is 9.74. The highest BCUT2D eigenvalue weighted by molar-refractivity contribution is 5.89. The van der Waals surface area contributed by atoms with Gasteiger partial charge in [-0.2, -0.15) is 0 Å². The van der Waals surface area contributed by atoms with Crippen molar-refractivity contribution < 1.29 is 4.79 Å². The molecule has 2 atom stereocenters. The fourth-order valence-electron chi connectivity index (χ4n) is 4.73. The van der Waals surface area contributed by atoms with Gasteiger partial charge in [0, 0.05) is 30.9 Å². The second-order valence-electron chi connectivity index (χ2n) is 8.98. The van der Waals surface area contributed by atoms with Crippen molar-refractivity contribution in [3.63, 3.8) is 0 Å². The van der Waals surface area contributed by atoms with Gasteiger partial charge in [-0.1, -0.05) is 32.0 Å². The molecule has 0 radical (unpaired) electrons. The number of aromatic amines is 1. The molecule has 0 aliphatic carbocycles. The molecule has 2 aromatic heterocycles. The van der Waals surface area contributed by atoms with Gasteiger partial charge in [0.05, 0.1) is 5.39 Å². The molecule has 31 heavy (non-hydrogen) atoms. The summed E-state index contributed by atoms with van der Waals surface area (Å²) in [6.45, 7) is 5.99. The van der Waals surface area contributed by atoms with E-state index in [0.717, 1.165) is 54.9 Å². The van der Waals surface area contributed by atoms with E-state index in [0.29, 0.717) is 12.3 Å². The van der Waals surface area contributed by atoms with E-state index < -0.39 is 5.54 Å². The van der Waals surface area contributed by atoms with Gasteiger partial charge in [0.15, 0.2) is 0 Å². The van der Waals surface area contributed by atoms with Crippen LogP contribution in [0, 0.1) is 11.8 Å². The Kier molecular flexibility index (Phi) is 6.11. The number of fused-ring (bicyclic) bond motifs is 1. The second-order valence-corrected chi connectivity index (χ2v) is 8.98. The number of piperidine rings is 1. The summed E-state index contributed by atoms with van der Waals surface area (Å²) in [6.07, 6.45) is 7.04. The Morgan fingerprint density at radius 1 is 1.29 bits per heavy atom. The van der Waals surface area contributed by atoms with E-state index >= 15 is 0 Å². The van der Waals surface area contributed by atoms with E-state index in [2.05, 4.69) is 39.0 Å². The maximum absolute atomic E-state index is 13.1. The Balaban J connectivity index is 1.67. The lowest BCUT2D eigenvalue weighted by molar-refractivity contribution is -0.124. The van der Waals surface area contributed by atoms with Crippen LogP contribution in [0.25, 0.3) is 11.0 Å². The second kappa shape index (κ2) is 8.96. The molecule has 7 heteroatoms. The van der Waals surface area contributed by atoms with Crippen LogP contribution in [0.2, 0.25) is 0 Å². The van der Waals surface area contributed by atoms with Crippen LogP contribution < -0.4 is 16.0 Å². The summed E-state index contributed by atoms with van der Waals surface area (Å²) in [5.41, 5.74) is 7.09. The van der Waals surface area contributed by atoms with Crippen molar-refractivity contribution in [2.24, 2.45) is 17.6 Å². The van der Waals surface area contributed by atoms with Gasteiger partial charge < -0.3 is 20.9 Å². The number of para-hydroxylation sites is 1. The largest absolute Gasteiger partial charge is 0.371 e. The van der Waals surface area contributed by atoms with Crippen LogP contribution in [0.5, 0.6) is 0 Å². The number of carbonyl (C=O) groups is 1. The number of carbonyl (C=O) groups excluding carboxylic acids is 1. The van der Waals surface area contributed by atoms with E-state index in [4.69, 9.17) is 5.73 Å². The van der Waals surface area contributed by atoms with E-state index in [1.165, 1.54) is 0 Å². The molecular weight excluding hydrogens is 388 g/mol. The first-order chi connectivity index (χ1) is 15.0. The smallest absolute Gasteiger partial charge is 0.243 e. The van der Waals surface area contributed by atoms with Crippen molar-refractivity contribution in [2.75, 3.05) is 23.3 Å². The minimum atomic E-state index is -0.811. The predicted octanol–water partition coefficient (Wildman–Crippen LogP) is 3.95. The Labute approximate surface area is 183 Å². The highest BCUT2D eigenvalue weighted by atomic mass is 16.1. The standard InChI is InChI=1S/C24H32N6O/c1-17(2)10-12-24(23(25)31,29-19-8-4-3-5-9-19)18-7-6-14-30(15-18)22-20-11-13-26-21(20)27-16-28-22/h3-5,8-9,11,13,16-18,29H,6-7,10,12,14-15H2,1-2H3,(H2,25,31)(H,26,27,28)/t18-,24?/m1/s1.